The lowest BCUT2D eigenvalue weighted by Crippen LogP contribution is -2.18. The van der Waals surface area contributed by atoms with Crippen molar-refractivity contribution >= 4 is 33.0 Å². The van der Waals surface area contributed by atoms with Gasteiger partial charge in [-0.2, -0.15) is 13.5 Å². The number of hydrogen-bond donors (Lipinski definition) is 1. The van der Waals surface area contributed by atoms with Crippen LogP contribution in [0.5, 0.6) is 11.5 Å². The molecule has 0 atom stereocenters. The van der Waals surface area contributed by atoms with E-state index in [4.69, 9.17) is 9.47 Å². The maximum Gasteiger partial charge on any atom is 0.343 e. The number of carbonyl (C=O) groups excluding carboxylic acids is 1. The first kappa shape index (κ1) is 23.0. The van der Waals surface area contributed by atoms with Gasteiger partial charge in [-0.25, -0.2) is 9.63 Å². The lowest BCUT2D eigenvalue weighted by Gasteiger charge is -2.11. The van der Waals surface area contributed by atoms with Gasteiger partial charge in [0.15, 0.2) is 0 Å². The van der Waals surface area contributed by atoms with E-state index >= 15 is 0 Å². The standard InChI is InChI=1S/C26H22N2O5S/c1-2-32-21-15-12-20(13-16-21)26(29)33-25-17-14-19-8-6-7-11-23(19)24(25)18-27-28-34(30,31)22-9-4-3-5-10-22/h3-18,28H,2H2,1H3. The number of ether oxygens (including phenoxy) is 2. The van der Waals surface area contributed by atoms with E-state index in [9.17, 15) is 13.2 Å². The maximum atomic E-state index is 12.8. The molecule has 0 aliphatic heterocycles. The van der Waals surface area contributed by atoms with Crippen LogP contribution >= 0.6 is 0 Å². The van der Waals surface area contributed by atoms with Crippen molar-refractivity contribution in [3.05, 3.63) is 102 Å². The highest BCUT2D eigenvalue weighted by atomic mass is 32.2. The largest absolute Gasteiger partial charge is 0.494 e. The van der Waals surface area contributed by atoms with E-state index in [1.54, 1.807) is 48.5 Å². The fourth-order valence-electron chi connectivity index (χ4n) is 3.32. The second-order valence-electron chi connectivity index (χ2n) is 7.21. The lowest BCUT2D eigenvalue weighted by atomic mass is 10.0. The second-order valence-corrected chi connectivity index (χ2v) is 8.87. The van der Waals surface area contributed by atoms with Crippen LogP contribution in [0.4, 0.5) is 0 Å². The molecule has 0 amide bonds. The topological polar surface area (TPSA) is 94.1 Å². The van der Waals surface area contributed by atoms with Gasteiger partial charge in [-0.1, -0.05) is 48.5 Å². The average molecular weight is 475 g/mol. The van der Waals surface area contributed by atoms with Gasteiger partial charge in [-0.15, -0.1) is 0 Å². The minimum absolute atomic E-state index is 0.0900. The van der Waals surface area contributed by atoms with Crippen LogP contribution in [0.1, 0.15) is 22.8 Å². The Labute approximate surface area is 197 Å². The van der Waals surface area contributed by atoms with E-state index in [-0.39, 0.29) is 10.6 Å². The molecule has 0 saturated heterocycles. The molecule has 0 aliphatic carbocycles. The molecule has 0 fully saturated rings. The van der Waals surface area contributed by atoms with Crippen molar-refractivity contribution in [2.24, 2.45) is 5.10 Å². The Morgan fingerprint density at radius 1 is 0.912 bits per heavy atom. The van der Waals surface area contributed by atoms with E-state index in [0.29, 0.717) is 23.5 Å². The molecule has 0 bridgehead atoms. The van der Waals surface area contributed by atoms with Gasteiger partial charge in [0, 0.05) is 5.56 Å². The maximum absolute atomic E-state index is 12.8. The van der Waals surface area contributed by atoms with Crippen molar-refractivity contribution in [3.63, 3.8) is 0 Å². The fraction of sp³-hybridized carbons (Fsp3) is 0.0769. The molecule has 7 nitrogen and oxygen atoms in total. The Hall–Kier alpha value is -4.17. The zero-order valence-electron chi connectivity index (χ0n) is 18.3. The Morgan fingerprint density at radius 3 is 2.35 bits per heavy atom. The molecule has 8 heteroatoms. The number of fused-ring (bicyclic) bond motifs is 1. The van der Waals surface area contributed by atoms with Crippen molar-refractivity contribution in [1.29, 1.82) is 0 Å². The number of hydrogen-bond acceptors (Lipinski definition) is 6. The summed E-state index contributed by atoms with van der Waals surface area (Å²) in [6, 6.07) is 25.5. The van der Waals surface area contributed by atoms with Crippen molar-refractivity contribution in [2.45, 2.75) is 11.8 Å². The van der Waals surface area contributed by atoms with Crippen LogP contribution in [0.15, 0.2) is 101 Å². The van der Waals surface area contributed by atoms with Crippen LogP contribution in [-0.2, 0) is 10.0 Å². The third-order valence-electron chi connectivity index (χ3n) is 4.95. The molecular weight excluding hydrogens is 452 g/mol. The summed E-state index contributed by atoms with van der Waals surface area (Å²) in [6.45, 7) is 2.41. The van der Waals surface area contributed by atoms with Gasteiger partial charge in [0.1, 0.15) is 11.5 Å². The van der Waals surface area contributed by atoms with Crippen molar-refractivity contribution in [1.82, 2.24) is 4.83 Å². The predicted octanol–water partition coefficient (Wildman–Crippen LogP) is 4.77. The summed E-state index contributed by atoms with van der Waals surface area (Å²) in [5.41, 5.74) is 0.817. The zero-order valence-corrected chi connectivity index (χ0v) is 19.2. The molecule has 0 aliphatic rings. The first-order chi connectivity index (χ1) is 16.5. The van der Waals surface area contributed by atoms with Crippen LogP contribution in [0.25, 0.3) is 10.8 Å². The Bertz CT molecular complexity index is 1430. The van der Waals surface area contributed by atoms with Crippen LogP contribution < -0.4 is 14.3 Å². The third kappa shape index (κ3) is 5.24. The zero-order chi connectivity index (χ0) is 24.0. The van der Waals surface area contributed by atoms with E-state index < -0.39 is 16.0 Å². The fourth-order valence-corrected chi connectivity index (χ4v) is 4.14. The second kappa shape index (κ2) is 10.2. The number of carbonyl (C=O) groups is 1. The molecule has 0 heterocycles. The minimum Gasteiger partial charge on any atom is -0.494 e. The number of rotatable bonds is 8. The van der Waals surface area contributed by atoms with E-state index in [1.807, 2.05) is 37.3 Å². The van der Waals surface area contributed by atoms with E-state index in [2.05, 4.69) is 9.93 Å². The molecule has 172 valence electrons. The number of esters is 1. The summed E-state index contributed by atoms with van der Waals surface area (Å²) in [4.78, 5) is 15.1. The Balaban J connectivity index is 1.63. The van der Waals surface area contributed by atoms with Crippen LogP contribution in [0.3, 0.4) is 0 Å². The van der Waals surface area contributed by atoms with Crippen molar-refractivity contribution in [2.75, 3.05) is 6.61 Å². The van der Waals surface area contributed by atoms with Crippen LogP contribution in [0.2, 0.25) is 0 Å². The SMILES string of the molecule is CCOc1ccc(C(=O)Oc2ccc3ccccc3c2C=NNS(=O)(=O)c2ccccc2)cc1. The summed E-state index contributed by atoms with van der Waals surface area (Å²) in [5.74, 6) is 0.348. The Morgan fingerprint density at radius 2 is 1.62 bits per heavy atom. The van der Waals surface area contributed by atoms with Crippen molar-refractivity contribution < 1.29 is 22.7 Å². The monoisotopic (exact) mass is 474 g/mol. The smallest absolute Gasteiger partial charge is 0.343 e. The molecule has 1 N–H and O–H groups in total. The van der Waals surface area contributed by atoms with Crippen LogP contribution in [0, 0.1) is 0 Å². The van der Waals surface area contributed by atoms with Gasteiger partial charge < -0.3 is 9.47 Å². The molecule has 4 aromatic rings. The van der Waals surface area contributed by atoms with Gasteiger partial charge in [-0.3, -0.25) is 0 Å². The number of nitrogens with one attached hydrogen (secondary N) is 1. The highest BCUT2D eigenvalue weighted by molar-refractivity contribution is 7.89. The average Bonchev–Trinajstić information content (AvgIpc) is 2.86. The van der Waals surface area contributed by atoms with Crippen molar-refractivity contribution in [3.8, 4) is 11.5 Å². The first-order valence-corrected chi connectivity index (χ1v) is 12.0. The normalized spacial score (nSPS) is 11.4. The van der Waals surface area contributed by atoms with Gasteiger partial charge >= 0.3 is 5.97 Å². The molecule has 0 radical (unpaired) electrons. The third-order valence-corrected chi connectivity index (χ3v) is 6.19. The molecule has 0 aromatic heterocycles. The minimum atomic E-state index is -3.84. The summed E-state index contributed by atoms with van der Waals surface area (Å²) in [6.07, 6.45) is 1.34. The highest BCUT2D eigenvalue weighted by Crippen LogP contribution is 2.27. The summed E-state index contributed by atoms with van der Waals surface area (Å²) in [5, 5.41) is 5.58. The number of sulfonamides is 1. The molecule has 4 rings (SSSR count). The van der Waals surface area contributed by atoms with Gasteiger partial charge in [0.05, 0.1) is 23.3 Å². The van der Waals surface area contributed by atoms with Crippen LogP contribution in [-0.4, -0.2) is 27.2 Å². The summed E-state index contributed by atoms with van der Waals surface area (Å²) in [7, 11) is -3.84. The number of benzene rings is 4. The van der Waals surface area contributed by atoms with Gasteiger partial charge in [0.25, 0.3) is 10.0 Å². The van der Waals surface area contributed by atoms with E-state index in [1.165, 1.54) is 18.3 Å². The molecule has 0 spiro atoms. The quantitative estimate of drug-likeness (QED) is 0.172. The number of hydrazone groups is 1. The van der Waals surface area contributed by atoms with E-state index in [0.717, 1.165) is 10.8 Å². The molecule has 0 unspecified atom stereocenters. The molecule has 34 heavy (non-hydrogen) atoms. The van der Waals surface area contributed by atoms with Gasteiger partial charge in [0.2, 0.25) is 0 Å². The molecular formula is C26H22N2O5S. The predicted molar refractivity (Wildman–Crippen MR) is 131 cm³/mol. The molecule has 0 saturated carbocycles. The summed E-state index contributed by atoms with van der Waals surface area (Å²) < 4.78 is 36.0. The number of nitrogens with zero attached hydrogens (tertiary/aromatic N) is 1. The summed E-state index contributed by atoms with van der Waals surface area (Å²) >= 11 is 0. The lowest BCUT2D eigenvalue weighted by molar-refractivity contribution is 0.0734. The van der Waals surface area contributed by atoms with Gasteiger partial charge in [-0.05, 0) is 60.2 Å². The Kier molecular flexibility index (Phi) is 6.89. The first-order valence-electron chi connectivity index (χ1n) is 10.5. The molecule has 4 aromatic carbocycles. The highest BCUT2D eigenvalue weighted by Gasteiger charge is 2.15.